The normalized spacial score (nSPS) is 15.7. The Hall–Kier alpha value is -0.480. The third-order valence-electron chi connectivity index (χ3n) is 2.56. The maximum atomic E-state index is 12.4. The molecule has 1 rings (SSSR count). The summed E-state index contributed by atoms with van der Waals surface area (Å²) in [6.45, 7) is 3.69. The monoisotopic (exact) mass is 285 g/mol. The smallest absolute Gasteiger partial charge is 0.259 e. The van der Waals surface area contributed by atoms with Gasteiger partial charge in [0.25, 0.3) is 0 Å². The van der Waals surface area contributed by atoms with Crippen molar-refractivity contribution in [2.75, 3.05) is 0 Å². The van der Waals surface area contributed by atoms with Crippen LogP contribution in [0.4, 0.5) is 13.2 Å². The van der Waals surface area contributed by atoms with E-state index >= 15 is 0 Å². The summed E-state index contributed by atoms with van der Waals surface area (Å²) in [6, 6.07) is 0.889. The third kappa shape index (κ3) is 3.49. The predicted octanol–water partition coefficient (Wildman–Crippen LogP) is 4.87. The van der Waals surface area contributed by atoms with Crippen LogP contribution >= 0.6 is 23.2 Å². The van der Waals surface area contributed by atoms with Crippen molar-refractivity contribution >= 4 is 23.2 Å². The van der Waals surface area contributed by atoms with Crippen LogP contribution in [0.2, 0.25) is 5.02 Å². The highest BCUT2D eigenvalue weighted by molar-refractivity contribution is 6.31. The van der Waals surface area contributed by atoms with Gasteiger partial charge in [-0.25, -0.2) is 0 Å². The maximum Gasteiger partial charge on any atom is 0.417 e. The van der Waals surface area contributed by atoms with Crippen molar-refractivity contribution in [2.24, 2.45) is 0 Å². The van der Waals surface area contributed by atoms with Crippen molar-refractivity contribution in [3.8, 4) is 0 Å². The van der Waals surface area contributed by atoms with Crippen LogP contribution in [-0.2, 0) is 6.18 Å². The second-order valence-corrected chi connectivity index (χ2v) is 4.77. The largest absolute Gasteiger partial charge is 0.417 e. The van der Waals surface area contributed by atoms with Crippen LogP contribution in [0.15, 0.2) is 12.3 Å². The molecule has 96 valence electrons. The van der Waals surface area contributed by atoms with Gasteiger partial charge in [-0.3, -0.25) is 4.98 Å². The van der Waals surface area contributed by atoms with E-state index in [1.165, 1.54) is 0 Å². The van der Waals surface area contributed by atoms with E-state index in [1.807, 2.05) is 6.92 Å². The van der Waals surface area contributed by atoms with Crippen LogP contribution in [0.1, 0.15) is 37.4 Å². The van der Waals surface area contributed by atoms with E-state index in [-0.39, 0.29) is 16.3 Å². The maximum absolute atomic E-state index is 12.4. The number of halogens is 5. The summed E-state index contributed by atoms with van der Waals surface area (Å²) < 4.78 is 37.2. The molecule has 0 saturated heterocycles. The van der Waals surface area contributed by atoms with Gasteiger partial charge in [-0.2, -0.15) is 13.2 Å². The van der Waals surface area contributed by atoms with Gasteiger partial charge in [-0.15, -0.1) is 11.6 Å². The van der Waals surface area contributed by atoms with Crippen LogP contribution in [0.25, 0.3) is 0 Å². The van der Waals surface area contributed by atoms with Crippen molar-refractivity contribution in [1.29, 1.82) is 0 Å². The fraction of sp³-hybridized carbons (Fsp3) is 0.545. The van der Waals surface area contributed by atoms with E-state index in [2.05, 4.69) is 4.98 Å². The lowest BCUT2D eigenvalue weighted by Crippen LogP contribution is -2.12. The summed E-state index contributed by atoms with van der Waals surface area (Å²) in [7, 11) is 0. The molecule has 0 radical (unpaired) electrons. The molecule has 0 aliphatic carbocycles. The number of pyridine rings is 1. The molecule has 1 nitrogen and oxygen atoms in total. The highest BCUT2D eigenvalue weighted by atomic mass is 35.5. The van der Waals surface area contributed by atoms with Gasteiger partial charge < -0.3 is 0 Å². The Kier molecular flexibility index (Phi) is 4.67. The van der Waals surface area contributed by atoms with E-state index < -0.39 is 11.7 Å². The molecule has 0 bridgehead atoms. The molecule has 0 fully saturated rings. The van der Waals surface area contributed by atoms with Crippen LogP contribution in [-0.4, -0.2) is 10.4 Å². The molecule has 0 aliphatic rings. The Morgan fingerprint density at radius 2 is 2.00 bits per heavy atom. The van der Waals surface area contributed by atoms with Crippen LogP contribution in [0.5, 0.6) is 0 Å². The van der Waals surface area contributed by atoms with Gasteiger partial charge in [0.2, 0.25) is 0 Å². The number of hydrogen-bond donors (Lipinski definition) is 0. The van der Waals surface area contributed by atoms with E-state index in [0.29, 0.717) is 12.1 Å². The number of rotatable bonds is 3. The van der Waals surface area contributed by atoms with E-state index in [1.54, 1.807) is 6.92 Å². The number of alkyl halides is 4. The van der Waals surface area contributed by atoms with Gasteiger partial charge in [0, 0.05) is 17.5 Å². The Morgan fingerprint density at radius 3 is 2.41 bits per heavy atom. The first kappa shape index (κ1) is 14.6. The molecule has 0 aromatic carbocycles. The molecule has 0 amide bonds. The fourth-order valence-electron chi connectivity index (χ4n) is 1.46. The molecule has 0 saturated carbocycles. The highest BCUT2D eigenvalue weighted by Gasteiger charge is 2.32. The Bertz CT molecular complexity index is 393. The van der Waals surface area contributed by atoms with Crippen LogP contribution < -0.4 is 0 Å². The zero-order chi connectivity index (χ0) is 13.2. The van der Waals surface area contributed by atoms with Crippen molar-refractivity contribution in [2.45, 2.75) is 37.7 Å². The molecule has 2 unspecified atom stereocenters. The quantitative estimate of drug-likeness (QED) is 0.722. The fourth-order valence-corrected chi connectivity index (χ4v) is 1.92. The molecule has 0 aliphatic heterocycles. The van der Waals surface area contributed by atoms with Crippen molar-refractivity contribution in [3.63, 3.8) is 0 Å². The molecule has 0 spiro atoms. The number of hydrogen-bond acceptors (Lipinski definition) is 1. The first-order valence-corrected chi connectivity index (χ1v) is 5.95. The van der Waals surface area contributed by atoms with Gasteiger partial charge in [0.05, 0.1) is 16.3 Å². The molecular weight excluding hydrogens is 274 g/mol. The van der Waals surface area contributed by atoms with Gasteiger partial charge >= 0.3 is 6.18 Å². The summed E-state index contributed by atoms with van der Waals surface area (Å²) in [4.78, 5) is 3.78. The van der Waals surface area contributed by atoms with Gasteiger partial charge in [0.15, 0.2) is 0 Å². The van der Waals surface area contributed by atoms with E-state index in [4.69, 9.17) is 23.2 Å². The molecular formula is C11H12Cl2F3N. The molecule has 2 atom stereocenters. The summed E-state index contributed by atoms with van der Waals surface area (Å²) in [5, 5.41) is -0.192. The Balaban J connectivity index is 3.06. The molecule has 1 aromatic heterocycles. The molecule has 0 N–H and O–H groups in total. The van der Waals surface area contributed by atoms with Crippen molar-refractivity contribution in [3.05, 3.63) is 28.5 Å². The second kappa shape index (κ2) is 5.44. The predicted molar refractivity (Wildman–Crippen MR) is 62.6 cm³/mol. The number of aromatic nitrogens is 1. The SMILES string of the molecule is CCC(Cl)C(C)c1ncc(C(F)(F)F)cc1Cl. The molecule has 17 heavy (non-hydrogen) atoms. The zero-order valence-corrected chi connectivity index (χ0v) is 10.9. The van der Waals surface area contributed by atoms with E-state index in [0.717, 1.165) is 12.3 Å². The average Bonchev–Trinajstić information content (AvgIpc) is 2.25. The third-order valence-corrected chi connectivity index (χ3v) is 3.55. The first-order valence-electron chi connectivity index (χ1n) is 5.14. The minimum atomic E-state index is -4.43. The average molecular weight is 286 g/mol. The molecule has 1 heterocycles. The number of nitrogens with zero attached hydrogens (tertiary/aromatic N) is 1. The van der Waals surface area contributed by atoms with E-state index in [9.17, 15) is 13.2 Å². The van der Waals surface area contributed by atoms with Gasteiger partial charge in [-0.05, 0) is 12.5 Å². The minimum absolute atomic E-state index is 0.00595. The van der Waals surface area contributed by atoms with Gasteiger partial charge in [0.1, 0.15) is 0 Å². The lowest BCUT2D eigenvalue weighted by Gasteiger charge is -2.18. The minimum Gasteiger partial charge on any atom is -0.259 e. The Morgan fingerprint density at radius 1 is 1.41 bits per heavy atom. The molecule has 6 heteroatoms. The lowest BCUT2D eigenvalue weighted by atomic mass is 10.0. The van der Waals surface area contributed by atoms with Gasteiger partial charge in [-0.1, -0.05) is 25.4 Å². The standard InChI is InChI=1S/C11H12Cl2F3N/c1-3-8(12)6(2)10-9(13)4-7(5-17-10)11(14,15)16/h4-6,8H,3H2,1-2H3. The summed E-state index contributed by atoms with van der Waals surface area (Å²) in [6.07, 6.45) is -2.94. The summed E-state index contributed by atoms with van der Waals surface area (Å²) in [5.41, 5.74) is -0.442. The van der Waals surface area contributed by atoms with Crippen LogP contribution in [0.3, 0.4) is 0 Å². The summed E-state index contributed by atoms with van der Waals surface area (Å²) >= 11 is 11.8. The summed E-state index contributed by atoms with van der Waals surface area (Å²) in [5.74, 6) is -0.184. The van der Waals surface area contributed by atoms with Crippen molar-refractivity contribution < 1.29 is 13.2 Å². The van der Waals surface area contributed by atoms with Crippen molar-refractivity contribution in [1.82, 2.24) is 4.98 Å². The Labute approximate surface area is 108 Å². The lowest BCUT2D eigenvalue weighted by molar-refractivity contribution is -0.137. The second-order valence-electron chi connectivity index (χ2n) is 3.80. The molecule has 1 aromatic rings. The topological polar surface area (TPSA) is 12.9 Å². The first-order chi connectivity index (χ1) is 7.77. The zero-order valence-electron chi connectivity index (χ0n) is 9.35. The highest BCUT2D eigenvalue weighted by Crippen LogP contribution is 2.34. The van der Waals surface area contributed by atoms with Crippen LogP contribution in [0, 0.1) is 0 Å².